The molecule has 0 saturated heterocycles. The van der Waals surface area contributed by atoms with E-state index >= 15 is 0 Å². The molecule has 1 heterocycles. The van der Waals surface area contributed by atoms with Crippen LogP contribution in [0.4, 0.5) is 4.39 Å². The van der Waals surface area contributed by atoms with E-state index in [0.29, 0.717) is 12.1 Å². The van der Waals surface area contributed by atoms with Crippen molar-refractivity contribution >= 4 is 27.5 Å². The predicted octanol–water partition coefficient (Wildman–Crippen LogP) is 3.52. The van der Waals surface area contributed by atoms with E-state index in [4.69, 9.17) is 0 Å². The highest BCUT2D eigenvalue weighted by molar-refractivity contribution is 7.18. The van der Waals surface area contributed by atoms with Gasteiger partial charge in [0.05, 0.1) is 29.3 Å². The minimum Gasteiger partial charge on any atom is -0.388 e. The second-order valence-corrected chi connectivity index (χ2v) is 6.72. The SMILES string of the molecule is CN(Cc1nc2ccccc2s1)C(=O)CC(O)c1cccc(F)c1. The van der Waals surface area contributed by atoms with Crippen molar-refractivity contribution in [2.45, 2.75) is 19.1 Å². The molecule has 24 heavy (non-hydrogen) atoms. The monoisotopic (exact) mass is 344 g/mol. The largest absolute Gasteiger partial charge is 0.388 e. The Balaban J connectivity index is 1.64. The van der Waals surface area contributed by atoms with E-state index in [0.717, 1.165) is 15.2 Å². The quantitative estimate of drug-likeness (QED) is 0.770. The number of halogens is 1. The summed E-state index contributed by atoms with van der Waals surface area (Å²) in [5.41, 5.74) is 1.31. The first-order valence-corrected chi connectivity index (χ1v) is 8.36. The van der Waals surface area contributed by atoms with E-state index in [1.807, 2.05) is 24.3 Å². The normalized spacial score (nSPS) is 12.3. The number of hydrogen-bond donors (Lipinski definition) is 1. The number of amides is 1. The molecule has 1 amide bonds. The summed E-state index contributed by atoms with van der Waals surface area (Å²) < 4.78 is 14.3. The van der Waals surface area contributed by atoms with Crippen molar-refractivity contribution in [1.29, 1.82) is 0 Å². The second-order valence-electron chi connectivity index (χ2n) is 5.60. The zero-order valence-electron chi connectivity index (χ0n) is 13.1. The average molecular weight is 344 g/mol. The Hall–Kier alpha value is -2.31. The summed E-state index contributed by atoms with van der Waals surface area (Å²) in [5.74, 6) is -0.646. The molecule has 3 aromatic rings. The van der Waals surface area contributed by atoms with Gasteiger partial charge >= 0.3 is 0 Å². The van der Waals surface area contributed by atoms with Crippen LogP contribution >= 0.6 is 11.3 Å². The maximum Gasteiger partial charge on any atom is 0.225 e. The smallest absolute Gasteiger partial charge is 0.225 e. The molecule has 0 aliphatic rings. The molecule has 3 rings (SSSR count). The van der Waals surface area contributed by atoms with Gasteiger partial charge in [-0.25, -0.2) is 9.37 Å². The van der Waals surface area contributed by atoms with Gasteiger partial charge in [0.1, 0.15) is 10.8 Å². The number of para-hydroxylation sites is 1. The Bertz CT molecular complexity index is 832. The predicted molar refractivity (Wildman–Crippen MR) is 92.1 cm³/mol. The van der Waals surface area contributed by atoms with E-state index in [1.54, 1.807) is 24.5 Å². The third kappa shape index (κ3) is 3.77. The molecular weight excluding hydrogens is 327 g/mol. The standard InChI is InChI=1S/C18H17FN2O2S/c1-21(11-17-20-14-7-2-3-8-16(14)24-17)18(23)10-15(22)12-5-4-6-13(19)9-12/h2-9,15,22H,10-11H2,1H3. The first-order valence-electron chi connectivity index (χ1n) is 7.55. The van der Waals surface area contributed by atoms with Crippen LogP contribution in [0.15, 0.2) is 48.5 Å². The molecule has 124 valence electrons. The first-order chi connectivity index (χ1) is 11.5. The van der Waals surface area contributed by atoms with Gasteiger partial charge in [-0.05, 0) is 29.8 Å². The van der Waals surface area contributed by atoms with Gasteiger partial charge in [0, 0.05) is 7.05 Å². The lowest BCUT2D eigenvalue weighted by Crippen LogP contribution is -2.27. The lowest BCUT2D eigenvalue weighted by Gasteiger charge is -2.18. The van der Waals surface area contributed by atoms with E-state index < -0.39 is 11.9 Å². The van der Waals surface area contributed by atoms with Crippen molar-refractivity contribution in [3.05, 3.63) is 64.9 Å². The third-order valence-electron chi connectivity index (χ3n) is 3.74. The van der Waals surface area contributed by atoms with E-state index in [1.165, 1.54) is 23.1 Å². The molecule has 0 spiro atoms. The number of benzene rings is 2. The van der Waals surface area contributed by atoms with E-state index in [9.17, 15) is 14.3 Å². The fourth-order valence-corrected chi connectivity index (χ4v) is 3.45. The zero-order valence-corrected chi connectivity index (χ0v) is 14.0. The number of aromatic nitrogens is 1. The van der Waals surface area contributed by atoms with Crippen LogP contribution in [-0.4, -0.2) is 27.9 Å². The van der Waals surface area contributed by atoms with Gasteiger partial charge < -0.3 is 10.0 Å². The number of aliphatic hydroxyl groups excluding tert-OH is 1. The van der Waals surface area contributed by atoms with Crippen molar-refractivity contribution in [1.82, 2.24) is 9.88 Å². The molecule has 0 aliphatic carbocycles. The summed E-state index contributed by atoms with van der Waals surface area (Å²) >= 11 is 1.54. The number of hydrogen-bond acceptors (Lipinski definition) is 4. The van der Waals surface area contributed by atoms with Crippen LogP contribution in [0.3, 0.4) is 0 Å². The molecule has 4 nitrogen and oxygen atoms in total. The van der Waals surface area contributed by atoms with Crippen LogP contribution in [0.1, 0.15) is 23.1 Å². The highest BCUT2D eigenvalue weighted by Crippen LogP contribution is 2.23. The molecular formula is C18H17FN2O2S. The maximum absolute atomic E-state index is 13.2. The highest BCUT2D eigenvalue weighted by atomic mass is 32.1. The molecule has 6 heteroatoms. The van der Waals surface area contributed by atoms with E-state index in [2.05, 4.69) is 4.98 Å². The van der Waals surface area contributed by atoms with E-state index in [-0.39, 0.29) is 12.3 Å². The van der Waals surface area contributed by atoms with Crippen LogP contribution in [0.5, 0.6) is 0 Å². The van der Waals surface area contributed by atoms with Crippen molar-refractivity contribution in [3.63, 3.8) is 0 Å². The molecule has 1 aromatic heterocycles. The van der Waals surface area contributed by atoms with Crippen molar-refractivity contribution < 1.29 is 14.3 Å². The number of carbonyl (C=O) groups excluding carboxylic acids is 1. The summed E-state index contributed by atoms with van der Waals surface area (Å²) in [4.78, 5) is 18.3. The Kier molecular flexibility index (Phi) is 4.87. The number of rotatable bonds is 5. The summed E-state index contributed by atoms with van der Waals surface area (Å²) in [5, 5.41) is 11.0. The molecule has 1 unspecified atom stereocenters. The van der Waals surface area contributed by atoms with Crippen LogP contribution in [-0.2, 0) is 11.3 Å². The van der Waals surface area contributed by atoms with Gasteiger partial charge in [0.2, 0.25) is 5.91 Å². The number of fused-ring (bicyclic) bond motifs is 1. The Morgan fingerprint density at radius 2 is 2.08 bits per heavy atom. The van der Waals surface area contributed by atoms with Gasteiger partial charge in [-0.1, -0.05) is 24.3 Å². The number of carbonyl (C=O) groups is 1. The fraction of sp³-hybridized carbons (Fsp3) is 0.222. The van der Waals surface area contributed by atoms with Crippen molar-refractivity contribution in [3.8, 4) is 0 Å². The summed E-state index contributed by atoms with van der Waals surface area (Å²) in [7, 11) is 1.67. The van der Waals surface area contributed by atoms with Gasteiger partial charge in [-0.3, -0.25) is 4.79 Å². The second kappa shape index (κ2) is 7.07. The number of aliphatic hydroxyl groups is 1. The van der Waals surface area contributed by atoms with Gasteiger partial charge in [-0.15, -0.1) is 11.3 Å². The first kappa shape index (κ1) is 16.5. The lowest BCUT2D eigenvalue weighted by molar-refractivity contribution is -0.132. The summed E-state index contributed by atoms with van der Waals surface area (Å²) in [6.07, 6.45) is -1.11. The van der Waals surface area contributed by atoms with Gasteiger partial charge in [0.15, 0.2) is 0 Å². The zero-order chi connectivity index (χ0) is 17.1. The minimum absolute atomic E-state index is 0.0924. The third-order valence-corrected chi connectivity index (χ3v) is 4.76. The van der Waals surface area contributed by atoms with Crippen molar-refractivity contribution in [2.24, 2.45) is 0 Å². The Morgan fingerprint density at radius 3 is 2.83 bits per heavy atom. The molecule has 0 fully saturated rings. The summed E-state index contributed by atoms with van der Waals surface area (Å²) in [6.45, 7) is 0.383. The number of thiazole rings is 1. The van der Waals surface area contributed by atoms with Gasteiger partial charge in [-0.2, -0.15) is 0 Å². The molecule has 0 radical (unpaired) electrons. The lowest BCUT2D eigenvalue weighted by atomic mass is 10.1. The fourth-order valence-electron chi connectivity index (χ4n) is 2.43. The Morgan fingerprint density at radius 1 is 1.29 bits per heavy atom. The molecule has 0 aliphatic heterocycles. The van der Waals surface area contributed by atoms with Crippen LogP contribution < -0.4 is 0 Å². The van der Waals surface area contributed by atoms with Crippen molar-refractivity contribution in [2.75, 3.05) is 7.05 Å². The average Bonchev–Trinajstić information content (AvgIpc) is 2.96. The maximum atomic E-state index is 13.2. The molecule has 1 atom stereocenters. The summed E-state index contributed by atoms with van der Waals surface area (Å²) in [6, 6.07) is 13.5. The minimum atomic E-state index is -1.02. The highest BCUT2D eigenvalue weighted by Gasteiger charge is 2.18. The molecule has 0 saturated carbocycles. The van der Waals surface area contributed by atoms with Crippen LogP contribution in [0.25, 0.3) is 10.2 Å². The van der Waals surface area contributed by atoms with Gasteiger partial charge in [0.25, 0.3) is 0 Å². The molecule has 2 aromatic carbocycles. The van der Waals surface area contributed by atoms with Crippen LogP contribution in [0, 0.1) is 5.82 Å². The molecule has 1 N–H and O–H groups in total. The van der Waals surface area contributed by atoms with Crippen LogP contribution in [0.2, 0.25) is 0 Å². The topological polar surface area (TPSA) is 53.4 Å². The Labute approximate surface area is 143 Å². The number of nitrogens with zero attached hydrogens (tertiary/aromatic N) is 2. The molecule has 0 bridgehead atoms.